The first-order chi connectivity index (χ1) is 7.00. The third kappa shape index (κ3) is 3.23. The Balaban J connectivity index is 2.78. The van der Waals surface area contributed by atoms with Crippen LogP contribution in [-0.4, -0.2) is 22.2 Å². The van der Waals surface area contributed by atoms with Crippen LogP contribution in [0.25, 0.3) is 0 Å². The largest absolute Gasteiger partial charge is 0.490 e. The quantitative estimate of drug-likeness (QED) is 0.825. The molecule has 0 amide bonds. The van der Waals surface area contributed by atoms with E-state index in [1.807, 2.05) is 20.8 Å². The van der Waals surface area contributed by atoms with E-state index in [4.69, 9.17) is 9.84 Å². The van der Waals surface area contributed by atoms with Crippen LogP contribution in [0.2, 0.25) is 0 Å². The van der Waals surface area contributed by atoms with Crippen LogP contribution in [0.3, 0.4) is 0 Å². The number of carboxylic acids is 1. The molecule has 82 valence electrons. The Bertz CT molecular complexity index is 349. The molecule has 4 nitrogen and oxygen atoms in total. The lowest BCUT2D eigenvalue weighted by molar-refractivity contribution is 0.0689. The summed E-state index contributed by atoms with van der Waals surface area (Å²) >= 11 is 0. The third-order valence-electron chi connectivity index (χ3n) is 2.21. The number of pyridine rings is 1. The van der Waals surface area contributed by atoms with Crippen molar-refractivity contribution in [3.63, 3.8) is 0 Å². The SMILES string of the molecule is CC(C)C(C)Oc1ccnc(C(=O)O)c1. The zero-order valence-electron chi connectivity index (χ0n) is 9.10. The van der Waals surface area contributed by atoms with E-state index >= 15 is 0 Å². The van der Waals surface area contributed by atoms with Crippen molar-refractivity contribution >= 4 is 5.97 Å². The van der Waals surface area contributed by atoms with E-state index in [0.29, 0.717) is 11.7 Å². The van der Waals surface area contributed by atoms with Crippen molar-refractivity contribution in [3.8, 4) is 5.75 Å². The van der Waals surface area contributed by atoms with Crippen molar-refractivity contribution in [2.75, 3.05) is 0 Å². The van der Waals surface area contributed by atoms with Crippen molar-refractivity contribution in [1.82, 2.24) is 4.98 Å². The van der Waals surface area contributed by atoms with Crippen LogP contribution >= 0.6 is 0 Å². The number of nitrogens with zero attached hydrogens (tertiary/aromatic N) is 1. The summed E-state index contributed by atoms with van der Waals surface area (Å²) in [5.41, 5.74) is 0.00320. The molecule has 4 heteroatoms. The van der Waals surface area contributed by atoms with Crippen molar-refractivity contribution in [2.45, 2.75) is 26.9 Å². The van der Waals surface area contributed by atoms with Gasteiger partial charge >= 0.3 is 5.97 Å². The van der Waals surface area contributed by atoms with Gasteiger partial charge in [0.2, 0.25) is 0 Å². The topological polar surface area (TPSA) is 59.4 Å². The van der Waals surface area contributed by atoms with Crippen LogP contribution in [0.15, 0.2) is 18.3 Å². The predicted molar refractivity (Wildman–Crippen MR) is 56.1 cm³/mol. The molecule has 0 saturated carbocycles. The van der Waals surface area contributed by atoms with Crippen LogP contribution in [0, 0.1) is 5.92 Å². The molecule has 1 aromatic heterocycles. The van der Waals surface area contributed by atoms with Gasteiger partial charge < -0.3 is 9.84 Å². The number of ether oxygens (including phenoxy) is 1. The summed E-state index contributed by atoms with van der Waals surface area (Å²) < 4.78 is 5.56. The molecule has 0 aliphatic rings. The first-order valence-electron chi connectivity index (χ1n) is 4.86. The van der Waals surface area contributed by atoms with E-state index in [-0.39, 0.29) is 11.8 Å². The van der Waals surface area contributed by atoms with Crippen LogP contribution in [0.4, 0.5) is 0 Å². The maximum absolute atomic E-state index is 10.7. The van der Waals surface area contributed by atoms with Gasteiger partial charge in [0.25, 0.3) is 0 Å². The second kappa shape index (κ2) is 4.77. The van der Waals surface area contributed by atoms with Gasteiger partial charge in [0.15, 0.2) is 5.69 Å². The molecule has 1 heterocycles. The summed E-state index contributed by atoms with van der Waals surface area (Å²) in [6.07, 6.45) is 1.49. The summed E-state index contributed by atoms with van der Waals surface area (Å²) in [6.45, 7) is 6.04. The van der Waals surface area contributed by atoms with E-state index in [1.54, 1.807) is 6.07 Å². The molecule has 0 aliphatic carbocycles. The summed E-state index contributed by atoms with van der Waals surface area (Å²) in [6, 6.07) is 3.09. The van der Waals surface area contributed by atoms with Crippen LogP contribution < -0.4 is 4.74 Å². The lowest BCUT2D eigenvalue weighted by atomic mass is 10.1. The first kappa shape index (κ1) is 11.5. The van der Waals surface area contributed by atoms with E-state index < -0.39 is 5.97 Å². The minimum Gasteiger partial charge on any atom is -0.490 e. The average Bonchev–Trinajstić information content (AvgIpc) is 2.18. The molecule has 0 radical (unpaired) electrons. The molecule has 1 rings (SSSR count). The minimum absolute atomic E-state index is 0.00320. The van der Waals surface area contributed by atoms with Gasteiger partial charge in [0, 0.05) is 12.3 Å². The maximum Gasteiger partial charge on any atom is 0.354 e. The molecular formula is C11H15NO3. The fourth-order valence-corrected chi connectivity index (χ4v) is 0.952. The molecule has 0 spiro atoms. The fourth-order valence-electron chi connectivity index (χ4n) is 0.952. The lowest BCUT2D eigenvalue weighted by Gasteiger charge is -2.17. The van der Waals surface area contributed by atoms with Gasteiger partial charge in [-0.1, -0.05) is 13.8 Å². The number of aromatic nitrogens is 1. The number of carboxylic acid groups (broad SMARTS) is 1. The molecular weight excluding hydrogens is 194 g/mol. The number of rotatable bonds is 4. The van der Waals surface area contributed by atoms with Gasteiger partial charge in [0.05, 0.1) is 6.10 Å². The van der Waals surface area contributed by atoms with E-state index in [1.165, 1.54) is 12.3 Å². The Hall–Kier alpha value is -1.58. The van der Waals surface area contributed by atoms with Crippen molar-refractivity contribution in [1.29, 1.82) is 0 Å². The van der Waals surface area contributed by atoms with E-state index in [9.17, 15) is 4.79 Å². The van der Waals surface area contributed by atoms with Crippen LogP contribution in [0.1, 0.15) is 31.3 Å². The van der Waals surface area contributed by atoms with E-state index in [0.717, 1.165) is 0 Å². The Labute approximate surface area is 88.9 Å². The number of carbonyl (C=O) groups is 1. The summed E-state index contributed by atoms with van der Waals surface area (Å²) in [5, 5.41) is 8.73. The average molecular weight is 209 g/mol. The van der Waals surface area contributed by atoms with Crippen LogP contribution in [0.5, 0.6) is 5.75 Å². The number of aromatic carboxylic acids is 1. The molecule has 0 bridgehead atoms. The smallest absolute Gasteiger partial charge is 0.354 e. The molecule has 0 fully saturated rings. The Kier molecular flexibility index (Phi) is 3.66. The third-order valence-corrected chi connectivity index (χ3v) is 2.21. The number of hydrogen-bond donors (Lipinski definition) is 1. The van der Waals surface area contributed by atoms with Crippen molar-refractivity contribution < 1.29 is 14.6 Å². The molecule has 1 aromatic rings. The summed E-state index contributed by atoms with van der Waals surface area (Å²) in [7, 11) is 0. The van der Waals surface area contributed by atoms with E-state index in [2.05, 4.69) is 4.98 Å². The zero-order chi connectivity index (χ0) is 11.4. The summed E-state index contributed by atoms with van der Waals surface area (Å²) in [5.74, 6) is -0.118. The highest BCUT2D eigenvalue weighted by atomic mass is 16.5. The highest BCUT2D eigenvalue weighted by molar-refractivity contribution is 5.85. The molecule has 0 saturated heterocycles. The van der Waals surface area contributed by atoms with Gasteiger partial charge in [-0.2, -0.15) is 0 Å². The fraction of sp³-hybridized carbons (Fsp3) is 0.455. The molecule has 0 aromatic carbocycles. The normalized spacial score (nSPS) is 12.5. The number of hydrogen-bond acceptors (Lipinski definition) is 3. The monoisotopic (exact) mass is 209 g/mol. The van der Waals surface area contributed by atoms with Gasteiger partial charge in [0.1, 0.15) is 5.75 Å². The molecule has 0 aliphatic heterocycles. The van der Waals surface area contributed by atoms with Crippen molar-refractivity contribution in [2.24, 2.45) is 5.92 Å². The highest BCUT2D eigenvalue weighted by Gasteiger charge is 2.10. The van der Waals surface area contributed by atoms with Gasteiger partial charge in [-0.25, -0.2) is 9.78 Å². The minimum atomic E-state index is -1.04. The van der Waals surface area contributed by atoms with Crippen LogP contribution in [-0.2, 0) is 0 Å². The standard InChI is InChI=1S/C11H15NO3/c1-7(2)8(3)15-9-4-5-12-10(6-9)11(13)14/h4-8H,1-3H3,(H,13,14). The molecule has 1 atom stereocenters. The Morgan fingerprint density at radius 3 is 2.67 bits per heavy atom. The Morgan fingerprint density at radius 1 is 1.47 bits per heavy atom. The summed E-state index contributed by atoms with van der Waals surface area (Å²) in [4.78, 5) is 14.4. The second-order valence-electron chi connectivity index (χ2n) is 3.75. The van der Waals surface area contributed by atoms with Crippen molar-refractivity contribution in [3.05, 3.63) is 24.0 Å². The predicted octanol–water partition coefficient (Wildman–Crippen LogP) is 2.20. The molecule has 15 heavy (non-hydrogen) atoms. The van der Waals surface area contributed by atoms with Gasteiger partial charge in [-0.15, -0.1) is 0 Å². The second-order valence-corrected chi connectivity index (χ2v) is 3.75. The zero-order valence-corrected chi connectivity index (χ0v) is 9.10. The Morgan fingerprint density at radius 2 is 2.13 bits per heavy atom. The maximum atomic E-state index is 10.7. The van der Waals surface area contributed by atoms with Gasteiger partial charge in [-0.05, 0) is 18.9 Å². The first-order valence-corrected chi connectivity index (χ1v) is 4.86. The highest BCUT2D eigenvalue weighted by Crippen LogP contribution is 2.15. The van der Waals surface area contributed by atoms with Gasteiger partial charge in [-0.3, -0.25) is 0 Å². The molecule has 1 unspecified atom stereocenters. The lowest BCUT2D eigenvalue weighted by Crippen LogP contribution is -2.18. The molecule has 1 N–H and O–H groups in total.